The summed E-state index contributed by atoms with van der Waals surface area (Å²) in [6, 6.07) is 5.08. The molecule has 0 bridgehead atoms. The Morgan fingerprint density at radius 1 is 1.33 bits per heavy atom. The van der Waals surface area contributed by atoms with E-state index in [1.807, 2.05) is 13.1 Å². The van der Waals surface area contributed by atoms with E-state index in [9.17, 15) is 4.39 Å². The standard InChI is InChI=1S/C12H19FN2/c1-9-7-10(5-6-11(9)13)15-12(2,3)8-14-4/h5-7,14-15H,8H2,1-4H3. The van der Waals surface area contributed by atoms with Gasteiger partial charge in [-0.25, -0.2) is 4.39 Å². The van der Waals surface area contributed by atoms with Crippen molar-refractivity contribution in [3.8, 4) is 0 Å². The first-order valence-corrected chi connectivity index (χ1v) is 5.13. The Morgan fingerprint density at radius 2 is 2.00 bits per heavy atom. The van der Waals surface area contributed by atoms with E-state index in [1.165, 1.54) is 6.07 Å². The third-order valence-corrected chi connectivity index (χ3v) is 2.26. The highest BCUT2D eigenvalue weighted by atomic mass is 19.1. The van der Waals surface area contributed by atoms with Gasteiger partial charge in [-0.15, -0.1) is 0 Å². The topological polar surface area (TPSA) is 24.1 Å². The van der Waals surface area contributed by atoms with E-state index in [0.29, 0.717) is 5.56 Å². The maximum absolute atomic E-state index is 13.0. The zero-order valence-corrected chi connectivity index (χ0v) is 9.82. The highest BCUT2D eigenvalue weighted by Gasteiger charge is 2.16. The number of rotatable bonds is 4. The largest absolute Gasteiger partial charge is 0.379 e. The van der Waals surface area contributed by atoms with E-state index in [2.05, 4.69) is 24.5 Å². The number of aryl methyl sites for hydroxylation is 1. The summed E-state index contributed by atoms with van der Waals surface area (Å²) in [5.41, 5.74) is 1.58. The molecule has 0 saturated heterocycles. The fourth-order valence-corrected chi connectivity index (χ4v) is 1.60. The smallest absolute Gasteiger partial charge is 0.126 e. The van der Waals surface area contributed by atoms with Crippen molar-refractivity contribution >= 4 is 5.69 Å². The van der Waals surface area contributed by atoms with Crippen LogP contribution < -0.4 is 10.6 Å². The SMILES string of the molecule is CNCC(C)(C)Nc1ccc(F)c(C)c1. The molecule has 2 N–H and O–H groups in total. The van der Waals surface area contributed by atoms with Crippen LogP contribution in [0.3, 0.4) is 0 Å². The lowest BCUT2D eigenvalue weighted by Gasteiger charge is -2.27. The van der Waals surface area contributed by atoms with Crippen LogP contribution in [0.1, 0.15) is 19.4 Å². The molecule has 84 valence electrons. The van der Waals surface area contributed by atoms with Gasteiger partial charge in [-0.3, -0.25) is 0 Å². The van der Waals surface area contributed by atoms with Crippen molar-refractivity contribution in [3.05, 3.63) is 29.6 Å². The lowest BCUT2D eigenvalue weighted by molar-refractivity contribution is 0.530. The Kier molecular flexibility index (Phi) is 3.69. The monoisotopic (exact) mass is 210 g/mol. The van der Waals surface area contributed by atoms with Gasteiger partial charge in [-0.1, -0.05) is 0 Å². The van der Waals surface area contributed by atoms with Crippen LogP contribution >= 0.6 is 0 Å². The van der Waals surface area contributed by atoms with Crippen LogP contribution in [0.5, 0.6) is 0 Å². The van der Waals surface area contributed by atoms with Gasteiger partial charge in [0.25, 0.3) is 0 Å². The maximum atomic E-state index is 13.0. The zero-order chi connectivity index (χ0) is 11.5. The van der Waals surface area contributed by atoms with E-state index in [1.54, 1.807) is 13.0 Å². The van der Waals surface area contributed by atoms with Gasteiger partial charge in [0.2, 0.25) is 0 Å². The van der Waals surface area contributed by atoms with E-state index in [-0.39, 0.29) is 11.4 Å². The fourth-order valence-electron chi connectivity index (χ4n) is 1.60. The first-order valence-electron chi connectivity index (χ1n) is 5.13. The first-order chi connectivity index (χ1) is 6.94. The molecule has 0 saturated carbocycles. The Bertz CT molecular complexity index is 334. The minimum Gasteiger partial charge on any atom is -0.379 e. The summed E-state index contributed by atoms with van der Waals surface area (Å²) in [6.45, 7) is 6.82. The zero-order valence-electron chi connectivity index (χ0n) is 9.82. The highest BCUT2D eigenvalue weighted by Crippen LogP contribution is 2.17. The second kappa shape index (κ2) is 4.62. The highest BCUT2D eigenvalue weighted by molar-refractivity contribution is 5.47. The molecule has 0 spiro atoms. The summed E-state index contributed by atoms with van der Waals surface area (Å²) in [6.07, 6.45) is 0. The van der Waals surface area contributed by atoms with Crippen molar-refractivity contribution in [1.29, 1.82) is 0 Å². The molecule has 3 heteroatoms. The van der Waals surface area contributed by atoms with Crippen molar-refractivity contribution in [2.24, 2.45) is 0 Å². The number of hydrogen-bond donors (Lipinski definition) is 2. The van der Waals surface area contributed by atoms with Crippen molar-refractivity contribution in [3.63, 3.8) is 0 Å². The van der Waals surface area contributed by atoms with Crippen LogP contribution in [0, 0.1) is 12.7 Å². The van der Waals surface area contributed by atoms with Gasteiger partial charge in [0.1, 0.15) is 5.82 Å². The molecule has 1 aromatic carbocycles. The summed E-state index contributed by atoms with van der Waals surface area (Å²) in [4.78, 5) is 0. The maximum Gasteiger partial charge on any atom is 0.126 e. The molecular formula is C12H19FN2. The van der Waals surface area contributed by atoms with E-state index < -0.39 is 0 Å². The number of likely N-dealkylation sites (N-methyl/N-ethyl adjacent to an activating group) is 1. The molecule has 0 unspecified atom stereocenters. The molecule has 0 radical (unpaired) electrons. The molecule has 0 heterocycles. The second-order valence-corrected chi connectivity index (χ2v) is 4.50. The van der Waals surface area contributed by atoms with Gasteiger partial charge in [0.05, 0.1) is 0 Å². The van der Waals surface area contributed by atoms with E-state index in [0.717, 1.165) is 12.2 Å². The normalized spacial score (nSPS) is 11.5. The van der Waals surface area contributed by atoms with Gasteiger partial charge >= 0.3 is 0 Å². The quantitative estimate of drug-likeness (QED) is 0.798. The molecule has 0 aliphatic rings. The van der Waals surface area contributed by atoms with Crippen molar-refractivity contribution in [2.75, 3.05) is 18.9 Å². The van der Waals surface area contributed by atoms with Crippen LogP contribution in [0.2, 0.25) is 0 Å². The van der Waals surface area contributed by atoms with Crippen LogP contribution in [0.4, 0.5) is 10.1 Å². The average molecular weight is 210 g/mol. The predicted molar refractivity (Wildman–Crippen MR) is 62.8 cm³/mol. The van der Waals surface area contributed by atoms with E-state index in [4.69, 9.17) is 0 Å². The van der Waals surface area contributed by atoms with Gasteiger partial charge < -0.3 is 10.6 Å². The minimum atomic E-state index is -0.160. The minimum absolute atomic E-state index is 0.0426. The van der Waals surface area contributed by atoms with E-state index >= 15 is 0 Å². The molecule has 2 nitrogen and oxygen atoms in total. The summed E-state index contributed by atoms with van der Waals surface area (Å²) in [5, 5.41) is 6.48. The molecule has 0 aliphatic carbocycles. The third-order valence-electron chi connectivity index (χ3n) is 2.26. The van der Waals surface area contributed by atoms with Crippen molar-refractivity contribution < 1.29 is 4.39 Å². The third kappa shape index (κ3) is 3.51. The average Bonchev–Trinajstić information content (AvgIpc) is 2.10. The predicted octanol–water partition coefficient (Wildman–Crippen LogP) is 2.54. The molecule has 0 atom stereocenters. The molecule has 0 aromatic heterocycles. The molecule has 1 rings (SSSR count). The van der Waals surface area contributed by atoms with Crippen LogP contribution in [0.15, 0.2) is 18.2 Å². The van der Waals surface area contributed by atoms with Crippen molar-refractivity contribution in [2.45, 2.75) is 26.3 Å². The lowest BCUT2D eigenvalue weighted by atomic mass is 10.0. The van der Waals surface area contributed by atoms with Crippen LogP contribution in [-0.4, -0.2) is 19.1 Å². The number of halogens is 1. The Hall–Kier alpha value is -1.09. The fraction of sp³-hybridized carbons (Fsp3) is 0.500. The Labute approximate surface area is 90.9 Å². The van der Waals surface area contributed by atoms with Gasteiger partial charge in [0, 0.05) is 17.8 Å². The Morgan fingerprint density at radius 3 is 2.53 bits per heavy atom. The second-order valence-electron chi connectivity index (χ2n) is 4.50. The summed E-state index contributed by atoms with van der Waals surface area (Å²) >= 11 is 0. The number of benzene rings is 1. The van der Waals surface area contributed by atoms with Crippen LogP contribution in [0.25, 0.3) is 0 Å². The van der Waals surface area contributed by atoms with Gasteiger partial charge in [0.15, 0.2) is 0 Å². The van der Waals surface area contributed by atoms with Gasteiger partial charge in [-0.2, -0.15) is 0 Å². The summed E-state index contributed by atoms with van der Waals surface area (Å²) in [7, 11) is 1.92. The number of anilines is 1. The summed E-state index contributed by atoms with van der Waals surface area (Å²) < 4.78 is 13.0. The number of hydrogen-bond acceptors (Lipinski definition) is 2. The van der Waals surface area contributed by atoms with Crippen LogP contribution in [-0.2, 0) is 0 Å². The summed E-state index contributed by atoms with van der Waals surface area (Å²) in [5.74, 6) is -0.160. The lowest BCUT2D eigenvalue weighted by Crippen LogP contribution is -2.40. The number of nitrogens with one attached hydrogen (secondary N) is 2. The first kappa shape index (κ1) is 12.0. The molecule has 0 aliphatic heterocycles. The van der Waals surface area contributed by atoms with Gasteiger partial charge in [-0.05, 0) is 51.6 Å². The molecule has 15 heavy (non-hydrogen) atoms. The molecule has 0 fully saturated rings. The Balaban J connectivity index is 2.76. The molecular weight excluding hydrogens is 191 g/mol. The molecule has 1 aromatic rings. The van der Waals surface area contributed by atoms with Crippen molar-refractivity contribution in [1.82, 2.24) is 5.32 Å². The molecule has 0 amide bonds.